The molecule has 0 spiro atoms. The van der Waals surface area contributed by atoms with Gasteiger partial charge >= 0.3 is 0 Å². The Morgan fingerprint density at radius 1 is 1.00 bits per heavy atom. The van der Waals surface area contributed by atoms with Crippen LogP contribution in [0.15, 0.2) is 49.1 Å². The van der Waals surface area contributed by atoms with Gasteiger partial charge in [-0.05, 0) is 49.2 Å². The molecule has 0 fully saturated rings. The molecule has 1 heterocycles. The topological polar surface area (TPSA) is 48.3 Å². The third-order valence-corrected chi connectivity index (χ3v) is 5.53. The van der Waals surface area contributed by atoms with E-state index in [2.05, 4.69) is 14.9 Å². The smallest absolute Gasteiger partial charge is 0.163 e. The Bertz CT molecular complexity index is 949. The zero-order chi connectivity index (χ0) is 21.3. The van der Waals surface area contributed by atoms with Gasteiger partial charge in [0.1, 0.15) is 6.61 Å². The molecular formula is C22H24Cl3N3O2. The number of ether oxygens (including phenoxy) is 2. The van der Waals surface area contributed by atoms with Crippen molar-refractivity contribution in [2.75, 3.05) is 13.2 Å². The fourth-order valence-electron chi connectivity index (χ4n) is 2.91. The number of nitrogens with zero attached hydrogens (tertiary/aromatic N) is 2. The molecule has 0 bridgehead atoms. The highest BCUT2D eigenvalue weighted by atomic mass is 35.5. The molecule has 30 heavy (non-hydrogen) atoms. The van der Waals surface area contributed by atoms with Gasteiger partial charge in [-0.15, -0.1) is 0 Å². The Morgan fingerprint density at radius 2 is 1.83 bits per heavy atom. The number of aryl methyl sites for hydroxylation is 1. The van der Waals surface area contributed by atoms with Crippen LogP contribution in [0.2, 0.25) is 15.1 Å². The van der Waals surface area contributed by atoms with E-state index in [-0.39, 0.29) is 0 Å². The van der Waals surface area contributed by atoms with Crippen LogP contribution in [0, 0.1) is 0 Å². The van der Waals surface area contributed by atoms with Crippen LogP contribution in [-0.2, 0) is 19.7 Å². The summed E-state index contributed by atoms with van der Waals surface area (Å²) in [7, 11) is 0. The lowest BCUT2D eigenvalue weighted by Crippen LogP contribution is -2.16. The van der Waals surface area contributed by atoms with Crippen LogP contribution in [0.5, 0.6) is 11.5 Å². The summed E-state index contributed by atoms with van der Waals surface area (Å²) in [6.07, 6.45) is 6.56. The maximum absolute atomic E-state index is 6.50. The molecular weight excluding hydrogens is 445 g/mol. The maximum Gasteiger partial charge on any atom is 0.163 e. The summed E-state index contributed by atoms with van der Waals surface area (Å²) in [5.74, 6) is 1.26. The number of aromatic nitrogens is 2. The molecule has 160 valence electrons. The summed E-state index contributed by atoms with van der Waals surface area (Å²) in [6.45, 7) is 5.24. The van der Waals surface area contributed by atoms with Crippen LogP contribution in [0.3, 0.4) is 0 Å². The zero-order valence-electron chi connectivity index (χ0n) is 16.7. The van der Waals surface area contributed by atoms with Gasteiger partial charge in [0.25, 0.3) is 0 Å². The Kier molecular flexibility index (Phi) is 8.70. The number of rotatable bonds is 11. The minimum atomic E-state index is 0.332. The van der Waals surface area contributed by atoms with Gasteiger partial charge < -0.3 is 19.4 Å². The van der Waals surface area contributed by atoms with Crippen molar-refractivity contribution in [1.29, 1.82) is 0 Å². The molecule has 0 unspecified atom stereocenters. The Labute approximate surface area is 191 Å². The third-order valence-electron chi connectivity index (χ3n) is 4.44. The normalized spacial score (nSPS) is 10.9. The molecule has 3 rings (SSSR count). The Hall–Kier alpha value is -1.92. The van der Waals surface area contributed by atoms with Crippen molar-refractivity contribution >= 4 is 34.8 Å². The molecule has 1 N–H and O–H groups in total. The second-order valence-electron chi connectivity index (χ2n) is 6.69. The first-order chi connectivity index (χ1) is 14.6. The SMILES string of the molecule is CCOc1cc(CNCCCn2ccnc2)c(Cl)cc1OCc1ccc(Cl)c(Cl)c1. The van der Waals surface area contributed by atoms with Crippen molar-refractivity contribution in [2.24, 2.45) is 0 Å². The molecule has 0 saturated carbocycles. The van der Waals surface area contributed by atoms with Gasteiger partial charge in [-0.1, -0.05) is 40.9 Å². The van der Waals surface area contributed by atoms with Crippen LogP contribution < -0.4 is 14.8 Å². The zero-order valence-corrected chi connectivity index (χ0v) is 19.0. The minimum Gasteiger partial charge on any atom is -0.490 e. The van der Waals surface area contributed by atoms with Crippen molar-refractivity contribution in [3.05, 3.63) is 75.2 Å². The van der Waals surface area contributed by atoms with Gasteiger partial charge in [0.05, 0.1) is 23.0 Å². The molecule has 8 heteroatoms. The summed E-state index contributed by atoms with van der Waals surface area (Å²) in [5, 5.41) is 5.06. The number of hydrogen-bond acceptors (Lipinski definition) is 4. The summed E-state index contributed by atoms with van der Waals surface area (Å²) in [6, 6.07) is 9.14. The quantitative estimate of drug-likeness (QED) is 0.351. The van der Waals surface area contributed by atoms with Crippen LogP contribution in [0.1, 0.15) is 24.5 Å². The lowest BCUT2D eigenvalue weighted by atomic mass is 10.2. The molecule has 0 aliphatic heterocycles. The van der Waals surface area contributed by atoms with E-state index in [1.807, 2.05) is 31.6 Å². The Morgan fingerprint density at radius 3 is 2.57 bits per heavy atom. The first-order valence-electron chi connectivity index (χ1n) is 9.75. The average molecular weight is 469 g/mol. The predicted octanol–water partition coefficient (Wildman–Crippen LogP) is 6.00. The second-order valence-corrected chi connectivity index (χ2v) is 7.91. The summed E-state index contributed by atoms with van der Waals surface area (Å²) in [4.78, 5) is 4.05. The lowest BCUT2D eigenvalue weighted by molar-refractivity contribution is 0.269. The Balaban J connectivity index is 1.58. The largest absolute Gasteiger partial charge is 0.490 e. The predicted molar refractivity (Wildman–Crippen MR) is 122 cm³/mol. The second kappa shape index (κ2) is 11.5. The standard InChI is InChI=1S/C22H24Cl3N3O2/c1-2-29-21-11-17(13-26-6-3-8-28-9-7-27-15-28)19(24)12-22(21)30-14-16-4-5-18(23)20(25)10-16/h4-5,7,9-12,15,26H,2-3,6,8,13-14H2,1H3. The van der Waals surface area contributed by atoms with Crippen molar-refractivity contribution < 1.29 is 9.47 Å². The van der Waals surface area contributed by atoms with Gasteiger partial charge in [0.2, 0.25) is 0 Å². The van der Waals surface area contributed by atoms with E-state index < -0.39 is 0 Å². The highest BCUT2D eigenvalue weighted by Gasteiger charge is 2.12. The van der Waals surface area contributed by atoms with E-state index in [4.69, 9.17) is 44.3 Å². The van der Waals surface area contributed by atoms with Crippen molar-refractivity contribution in [1.82, 2.24) is 14.9 Å². The first-order valence-corrected chi connectivity index (χ1v) is 10.9. The average Bonchev–Trinajstić information content (AvgIpc) is 3.24. The fraction of sp³-hybridized carbons (Fsp3) is 0.318. The number of benzene rings is 2. The molecule has 0 atom stereocenters. The maximum atomic E-state index is 6.50. The van der Waals surface area contributed by atoms with E-state index >= 15 is 0 Å². The number of nitrogens with one attached hydrogen (secondary N) is 1. The van der Waals surface area contributed by atoms with E-state index in [1.165, 1.54) is 0 Å². The van der Waals surface area contributed by atoms with Gasteiger partial charge in [-0.3, -0.25) is 0 Å². The minimum absolute atomic E-state index is 0.332. The molecule has 2 aromatic carbocycles. The lowest BCUT2D eigenvalue weighted by Gasteiger charge is -2.15. The van der Waals surface area contributed by atoms with Gasteiger partial charge in [0, 0.05) is 36.6 Å². The highest BCUT2D eigenvalue weighted by Crippen LogP contribution is 2.34. The third kappa shape index (κ3) is 6.54. The molecule has 0 radical (unpaired) electrons. The van der Waals surface area contributed by atoms with Gasteiger partial charge in [-0.2, -0.15) is 0 Å². The summed E-state index contributed by atoms with van der Waals surface area (Å²) < 4.78 is 13.8. The van der Waals surface area contributed by atoms with Crippen molar-refractivity contribution in [3.63, 3.8) is 0 Å². The monoisotopic (exact) mass is 467 g/mol. The van der Waals surface area contributed by atoms with E-state index in [0.717, 1.165) is 30.6 Å². The van der Waals surface area contributed by atoms with Crippen LogP contribution in [0.4, 0.5) is 0 Å². The molecule has 1 aromatic heterocycles. The van der Waals surface area contributed by atoms with Gasteiger partial charge in [-0.25, -0.2) is 4.98 Å². The number of imidazole rings is 1. The summed E-state index contributed by atoms with van der Waals surface area (Å²) in [5.41, 5.74) is 1.87. The van der Waals surface area contributed by atoms with E-state index in [9.17, 15) is 0 Å². The first kappa shape index (κ1) is 22.8. The molecule has 0 aliphatic carbocycles. The molecule has 0 saturated heterocycles. The van der Waals surface area contributed by atoms with E-state index in [1.54, 1.807) is 24.4 Å². The molecule has 0 aliphatic rings. The molecule has 0 amide bonds. The van der Waals surface area contributed by atoms with Crippen LogP contribution in [0.25, 0.3) is 0 Å². The number of hydrogen-bond donors (Lipinski definition) is 1. The summed E-state index contributed by atoms with van der Waals surface area (Å²) >= 11 is 18.5. The van der Waals surface area contributed by atoms with Crippen molar-refractivity contribution in [3.8, 4) is 11.5 Å². The molecule has 5 nitrogen and oxygen atoms in total. The fourth-order valence-corrected chi connectivity index (χ4v) is 3.45. The van der Waals surface area contributed by atoms with Crippen LogP contribution in [-0.4, -0.2) is 22.7 Å². The van der Waals surface area contributed by atoms with Crippen molar-refractivity contribution in [2.45, 2.75) is 33.0 Å². The van der Waals surface area contributed by atoms with Crippen LogP contribution >= 0.6 is 34.8 Å². The van der Waals surface area contributed by atoms with Gasteiger partial charge in [0.15, 0.2) is 11.5 Å². The number of halogens is 3. The molecule has 3 aromatic rings. The van der Waals surface area contributed by atoms with E-state index in [0.29, 0.717) is 46.3 Å². The highest BCUT2D eigenvalue weighted by molar-refractivity contribution is 6.42.